The second kappa shape index (κ2) is 8.64. The Morgan fingerprint density at radius 1 is 0.952 bits per heavy atom. The highest BCUT2D eigenvalue weighted by Gasteiger charge is 2.17. The topological polar surface area (TPSA) is 75.8 Å². The fourth-order valence-corrected chi connectivity index (χ4v) is 2.27. The molecular weight excluding hydrogens is 267 g/mol. The van der Waals surface area contributed by atoms with Crippen LogP contribution in [-0.4, -0.2) is 27.6 Å². The van der Waals surface area contributed by atoms with Crippen LogP contribution in [0.1, 0.15) is 63.1 Å². The number of nitrogens with one attached hydrogen (secondary N) is 2. The summed E-state index contributed by atoms with van der Waals surface area (Å²) in [6.45, 7) is 4.27. The Kier molecular flexibility index (Phi) is 6.49. The summed E-state index contributed by atoms with van der Waals surface area (Å²) in [5.74, 6) is 0. The highest BCUT2D eigenvalue weighted by Crippen LogP contribution is 2.23. The Labute approximate surface area is 126 Å². The largest absolute Gasteiger partial charge is 0.439 e. The first kappa shape index (κ1) is 15.8. The fourth-order valence-electron chi connectivity index (χ4n) is 2.27. The molecule has 2 atom stereocenters. The molecule has 0 aliphatic heterocycles. The summed E-state index contributed by atoms with van der Waals surface area (Å²) in [4.78, 5) is 14.3. The summed E-state index contributed by atoms with van der Waals surface area (Å²) in [5.41, 5.74) is 1.99. The van der Waals surface area contributed by atoms with Crippen LogP contribution in [0.3, 0.4) is 0 Å². The summed E-state index contributed by atoms with van der Waals surface area (Å²) in [5, 5.41) is 0. The van der Waals surface area contributed by atoms with Gasteiger partial charge >= 0.3 is 7.69 Å². The van der Waals surface area contributed by atoms with Gasteiger partial charge < -0.3 is 19.3 Å². The van der Waals surface area contributed by atoms with Crippen molar-refractivity contribution in [3.05, 3.63) is 36.4 Å². The van der Waals surface area contributed by atoms with Crippen LogP contribution in [0.15, 0.2) is 25.0 Å². The van der Waals surface area contributed by atoms with Gasteiger partial charge in [0.05, 0.1) is 48.6 Å². The monoisotopic (exact) mass is 290 g/mol. The zero-order valence-electron chi connectivity index (χ0n) is 12.7. The van der Waals surface area contributed by atoms with Gasteiger partial charge in [0.15, 0.2) is 0 Å². The van der Waals surface area contributed by atoms with Gasteiger partial charge in [-0.05, 0) is 12.8 Å². The maximum Gasteiger partial charge on any atom is 0.439 e. The highest BCUT2D eigenvalue weighted by atomic mass is 16.6. The normalized spacial score (nSPS) is 14.0. The van der Waals surface area contributed by atoms with Crippen molar-refractivity contribution < 1.29 is 9.31 Å². The van der Waals surface area contributed by atoms with Crippen molar-refractivity contribution >= 4 is 7.69 Å². The molecule has 2 aromatic heterocycles. The fraction of sp³-hybridized carbons (Fsp3) is 0.571. The van der Waals surface area contributed by atoms with Crippen LogP contribution in [0, 0.1) is 0 Å². The van der Waals surface area contributed by atoms with E-state index in [0.29, 0.717) is 0 Å². The molecule has 0 radical (unpaired) electrons. The molecule has 0 fully saturated rings. The molecule has 0 bridgehead atoms. The Bertz CT molecular complexity index is 431. The van der Waals surface area contributed by atoms with Crippen LogP contribution >= 0.6 is 0 Å². The van der Waals surface area contributed by atoms with Crippen LogP contribution in [0.5, 0.6) is 0 Å². The lowest BCUT2D eigenvalue weighted by atomic mass is 10.1. The summed E-state index contributed by atoms with van der Waals surface area (Å²) in [6, 6.07) is 0. The second-order valence-corrected chi connectivity index (χ2v) is 5.02. The number of H-pyrrole nitrogens is 2. The van der Waals surface area contributed by atoms with Gasteiger partial charge in [-0.25, -0.2) is 9.97 Å². The maximum absolute atomic E-state index is 5.87. The molecule has 0 aliphatic rings. The number of aromatic nitrogens is 4. The first-order valence-electron chi connectivity index (χ1n) is 7.54. The molecule has 2 heterocycles. The third-order valence-electron chi connectivity index (χ3n) is 3.37. The quantitative estimate of drug-likeness (QED) is 0.660. The smallest absolute Gasteiger partial charge is 0.405 e. The molecule has 0 saturated carbocycles. The van der Waals surface area contributed by atoms with Crippen molar-refractivity contribution in [2.75, 3.05) is 0 Å². The second-order valence-electron chi connectivity index (χ2n) is 5.02. The van der Waals surface area contributed by atoms with Crippen molar-refractivity contribution in [3.8, 4) is 0 Å². The third kappa shape index (κ3) is 4.72. The van der Waals surface area contributed by atoms with Crippen LogP contribution in [0.2, 0.25) is 0 Å². The van der Waals surface area contributed by atoms with Crippen molar-refractivity contribution in [1.29, 1.82) is 0 Å². The Morgan fingerprint density at radius 2 is 1.43 bits per heavy atom. The molecule has 114 valence electrons. The average Bonchev–Trinajstić information content (AvgIpc) is 3.18. The minimum Gasteiger partial charge on any atom is -0.405 e. The molecule has 2 N–H and O–H groups in total. The lowest BCUT2D eigenvalue weighted by Crippen LogP contribution is -2.15. The Hall–Kier alpha value is -1.60. The first-order chi connectivity index (χ1) is 10.3. The first-order valence-corrected chi connectivity index (χ1v) is 7.54. The minimum atomic E-state index is 0.00143. The highest BCUT2D eigenvalue weighted by molar-refractivity contribution is 6.18. The van der Waals surface area contributed by atoms with Crippen molar-refractivity contribution in [1.82, 2.24) is 19.9 Å². The number of hydrogen-bond acceptors (Lipinski definition) is 4. The third-order valence-corrected chi connectivity index (χ3v) is 3.37. The number of nitrogens with zero attached hydrogens (tertiary/aromatic N) is 2. The van der Waals surface area contributed by atoms with Gasteiger partial charge in [0, 0.05) is 0 Å². The van der Waals surface area contributed by atoms with Crippen LogP contribution in [0.25, 0.3) is 0 Å². The van der Waals surface area contributed by atoms with E-state index < -0.39 is 0 Å². The number of rotatable bonds is 10. The van der Waals surface area contributed by atoms with Gasteiger partial charge in [0.25, 0.3) is 0 Å². The summed E-state index contributed by atoms with van der Waals surface area (Å²) >= 11 is 0. The number of aromatic amines is 2. The molecular formula is C14H23BN4O2. The van der Waals surface area contributed by atoms with E-state index in [2.05, 4.69) is 33.8 Å². The molecule has 2 aromatic rings. The molecule has 2 rings (SSSR count). The van der Waals surface area contributed by atoms with E-state index in [1.54, 1.807) is 25.0 Å². The maximum atomic E-state index is 5.87. The molecule has 0 amide bonds. The molecule has 0 spiro atoms. The summed E-state index contributed by atoms with van der Waals surface area (Å²) < 4.78 is 11.7. The minimum absolute atomic E-state index is 0.00143. The van der Waals surface area contributed by atoms with Gasteiger partial charge in [-0.3, -0.25) is 0 Å². The van der Waals surface area contributed by atoms with Crippen LogP contribution in [0.4, 0.5) is 0 Å². The summed E-state index contributed by atoms with van der Waals surface area (Å²) in [7, 11) is 0.257. The van der Waals surface area contributed by atoms with Crippen molar-refractivity contribution in [2.24, 2.45) is 0 Å². The molecule has 6 nitrogen and oxygen atoms in total. The zero-order valence-corrected chi connectivity index (χ0v) is 12.7. The van der Waals surface area contributed by atoms with Gasteiger partial charge in [-0.1, -0.05) is 26.7 Å². The van der Waals surface area contributed by atoms with Crippen molar-refractivity contribution in [3.63, 3.8) is 0 Å². The average molecular weight is 290 g/mol. The van der Waals surface area contributed by atoms with E-state index in [4.69, 9.17) is 9.31 Å². The molecule has 0 aliphatic carbocycles. The van der Waals surface area contributed by atoms with E-state index >= 15 is 0 Å². The predicted molar refractivity (Wildman–Crippen MR) is 81.8 cm³/mol. The van der Waals surface area contributed by atoms with Gasteiger partial charge in [-0.2, -0.15) is 0 Å². The van der Waals surface area contributed by atoms with E-state index in [9.17, 15) is 0 Å². The van der Waals surface area contributed by atoms with Gasteiger partial charge in [0.1, 0.15) is 0 Å². The van der Waals surface area contributed by atoms with Crippen LogP contribution in [-0.2, 0) is 9.31 Å². The summed E-state index contributed by atoms with van der Waals surface area (Å²) in [6.07, 6.45) is 10.9. The van der Waals surface area contributed by atoms with Crippen LogP contribution < -0.4 is 0 Å². The SMILES string of the molecule is CCCC(OBOC(CCC)c1cnc[nH]1)c1cnc[nH]1. The molecule has 2 unspecified atom stereocenters. The lowest BCUT2D eigenvalue weighted by Gasteiger charge is -2.19. The predicted octanol–water partition coefficient (Wildman–Crippen LogP) is 2.82. The van der Waals surface area contributed by atoms with E-state index in [0.717, 1.165) is 37.1 Å². The van der Waals surface area contributed by atoms with Gasteiger partial charge in [0.2, 0.25) is 0 Å². The lowest BCUT2D eigenvalue weighted by molar-refractivity contribution is 0.106. The van der Waals surface area contributed by atoms with E-state index in [1.807, 2.05) is 0 Å². The van der Waals surface area contributed by atoms with E-state index in [-0.39, 0.29) is 19.9 Å². The Balaban J connectivity index is 1.85. The van der Waals surface area contributed by atoms with E-state index in [1.165, 1.54) is 0 Å². The van der Waals surface area contributed by atoms with Gasteiger partial charge in [-0.15, -0.1) is 0 Å². The zero-order chi connectivity index (χ0) is 14.9. The number of imidazole rings is 2. The molecule has 0 saturated heterocycles. The molecule has 7 heteroatoms. The number of hydrogen-bond donors (Lipinski definition) is 2. The molecule has 21 heavy (non-hydrogen) atoms. The van der Waals surface area contributed by atoms with Crippen molar-refractivity contribution in [2.45, 2.75) is 51.7 Å². The molecule has 0 aromatic carbocycles. The Morgan fingerprint density at radius 3 is 1.76 bits per heavy atom. The standard InChI is InChI=1S/C14H23BN4O2/c1-3-5-13(11-7-16-9-18-11)20-15-21-14(6-4-2)12-8-17-10-19-12/h7-10,13-15H,3-6H2,1-2H3,(H,16,18)(H,17,19).